The lowest BCUT2D eigenvalue weighted by Gasteiger charge is -2.22. The van der Waals surface area contributed by atoms with Gasteiger partial charge in [0.25, 0.3) is 0 Å². The largest absolute Gasteiger partial charge is 0.359 e. The molecule has 14 heavy (non-hydrogen) atoms. The zero-order valence-corrected chi connectivity index (χ0v) is 9.21. The van der Waals surface area contributed by atoms with Crippen LogP contribution in [0.25, 0.3) is 0 Å². The van der Waals surface area contributed by atoms with E-state index in [0.717, 1.165) is 13.0 Å². The molecular weight excluding hydrogens is 178 g/mol. The van der Waals surface area contributed by atoms with E-state index >= 15 is 0 Å². The third-order valence-corrected chi connectivity index (χ3v) is 2.13. The quantitative estimate of drug-likeness (QED) is 0.639. The Kier molecular flexibility index (Phi) is 6.77. The van der Waals surface area contributed by atoms with E-state index in [4.69, 9.17) is 5.26 Å². The maximum Gasteiger partial charge on any atom is 0.219 e. The highest BCUT2D eigenvalue weighted by Crippen LogP contribution is 2.00. The van der Waals surface area contributed by atoms with Crippen LogP contribution in [0.2, 0.25) is 0 Å². The summed E-state index contributed by atoms with van der Waals surface area (Å²) in [7, 11) is 1.64. The first-order valence-corrected chi connectivity index (χ1v) is 4.93. The van der Waals surface area contributed by atoms with Crippen LogP contribution in [0.15, 0.2) is 0 Å². The monoisotopic (exact) mass is 197 g/mol. The molecule has 0 saturated carbocycles. The predicted octanol–water partition coefficient (Wildman–Crippen LogP) is 0.747. The molecule has 0 aromatic carbocycles. The van der Waals surface area contributed by atoms with E-state index in [0.29, 0.717) is 19.0 Å². The van der Waals surface area contributed by atoms with Crippen molar-refractivity contribution in [1.29, 1.82) is 5.26 Å². The molecular formula is C10H19N3O. The number of hydrogen-bond acceptors (Lipinski definition) is 3. The molecule has 0 bridgehead atoms. The normalized spacial score (nSPS) is 10.3. The van der Waals surface area contributed by atoms with Crippen molar-refractivity contribution in [3.63, 3.8) is 0 Å². The molecule has 1 amide bonds. The van der Waals surface area contributed by atoms with Crippen molar-refractivity contribution >= 4 is 5.91 Å². The zero-order valence-electron chi connectivity index (χ0n) is 9.21. The maximum atomic E-state index is 10.9. The second-order valence-corrected chi connectivity index (χ2v) is 3.50. The van der Waals surface area contributed by atoms with Crippen molar-refractivity contribution in [2.45, 2.75) is 32.7 Å². The van der Waals surface area contributed by atoms with E-state index in [2.05, 4.69) is 30.1 Å². The molecule has 0 radical (unpaired) electrons. The third-order valence-electron chi connectivity index (χ3n) is 2.13. The molecule has 0 unspecified atom stereocenters. The van der Waals surface area contributed by atoms with Gasteiger partial charge in [0.05, 0.1) is 12.6 Å². The highest BCUT2D eigenvalue weighted by molar-refractivity contribution is 5.75. The van der Waals surface area contributed by atoms with E-state index in [1.54, 1.807) is 7.05 Å². The summed E-state index contributed by atoms with van der Waals surface area (Å²) < 4.78 is 0. The summed E-state index contributed by atoms with van der Waals surface area (Å²) in [6.45, 7) is 5.35. The Morgan fingerprint density at radius 2 is 2.21 bits per heavy atom. The number of carbonyl (C=O) groups is 1. The van der Waals surface area contributed by atoms with E-state index in [1.165, 1.54) is 0 Å². The van der Waals surface area contributed by atoms with E-state index in [9.17, 15) is 4.79 Å². The number of nitrogens with one attached hydrogen (secondary N) is 1. The SMILES string of the molecule is CNC(=O)CCCN(CC#N)C(C)C. The molecule has 4 nitrogen and oxygen atoms in total. The molecule has 4 heteroatoms. The Morgan fingerprint density at radius 3 is 2.64 bits per heavy atom. The average molecular weight is 197 g/mol. The Bertz CT molecular complexity index is 208. The van der Waals surface area contributed by atoms with E-state index < -0.39 is 0 Å². The summed E-state index contributed by atoms with van der Waals surface area (Å²) in [5, 5.41) is 11.1. The second kappa shape index (κ2) is 7.34. The lowest BCUT2D eigenvalue weighted by Crippen LogP contribution is -2.32. The Balaban J connectivity index is 3.72. The van der Waals surface area contributed by atoms with Crippen molar-refractivity contribution < 1.29 is 4.79 Å². The minimum absolute atomic E-state index is 0.0608. The van der Waals surface area contributed by atoms with Gasteiger partial charge in [-0.2, -0.15) is 5.26 Å². The smallest absolute Gasteiger partial charge is 0.219 e. The zero-order chi connectivity index (χ0) is 11.0. The molecule has 0 rings (SSSR count). The first-order valence-electron chi connectivity index (χ1n) is 4.93. The minimum atomic E-state index is 0.0608. The molecule has 1 N–H and O–H groups in total. The summed E-state index contributed by atoms with van der Waals surface area (Å²) in [5.74, 6) is 0.0608. The van der Waals surface area contributed by atoms with Crippen LogP contribution < -0.4 is 5.32 Å². The van der Waals surface area contributed by atoms with E-state index in [1.807, 2.05) is 0 Å². The predicted molar refractivity (Wildman–Crippen MR) is 55.6 cm³/mol. The number of rotatable bonds is 6. The van der Waals surface area contributed by atoms with Gasteiger partial charge in [-0.05, 0) is 26.8 Å². The van der Waals surface area contributed by atoms with Gasteiger partial charge in [-0.3, -0.25) is 9.69 Å². The Labute approximate surface area is 85.9 Å². The van der Waals surface area contributed by atoms with Gasteiger partial charge in [-0.15, -0.1) is 0 Å². The Morgan fingerprint density at radius 1 is 1.57 bits per heavy atom. The lowest BCUT2D eigenvalue weighted by atomic mass is 10.2. The van der Waals surface area contributed by atoms with Crippen LogP contribution in [0.3, 0.4) is 0 Å². The molecule has 80 valence electrons. The fourth-order valence-electron chi connectivity index (χ4n) is 1.18. The Hall–Kier alpha value is -1.08. The molecule has 0 heterocycles. The first-order chi connectivity index (χ1) is 6.61. The van der Waals surface area contributed by atoms with Crippen LogP contribution in [0.1, 0.15) is 26.7 Å². The lowest BCUT2D eigenvalue weighted by molar-refractivity contribution is -0.120. The highest BCUT2D eigenvalue weighted by atomic mass is 16.1. The third kappa shape index (κ3) is 5.55. The van der Waals surface area contributed by atoms with Crippen LogP contribution in [-0.4, -0.2) is 37.0 Å². The van der Waals surface area contributed by atoms with Crippen LogP contribution in [0.5, 0.6) is 0 Å². The molecule has 0 saturated heterocycles. The van der Waals surface area contributed by atoms with Gasteiger partial charge >= 0.3 is 0 Å². The molecule has 0 aromatic heterocycles. The van der Waals surface area contributed by atoms with Crippen molar-refractivity contribution in [2.24, 2.45) is 0 Å². The molecule has 0 aromatic rings. The van der Waals surface area contributed by atoms with Gasteiger partial charge in [0.15, 0.2) is 0 Å². The van der Waals surface area contributed by atoms with Crippen LogP contribution in [0, 0.1) is 11.3 Å². The summed E-state index contributed by atoms with van der Waals surface area (Å²) in [6, 6.07) is 2.49. The molecule has 0 aliphatic heterocycles. The van der Waals surface area contributed by atoms with Crippen molar-refractivity contribution in [2.75, 3.05) is 20.1 Å². The number of amides is 1. The standard InChI is InChI=1S/C10H19N3O/c1-9(2)13(8-6-11)7-4-5-10(14)12-3/h9H,4-5,7-8H2,1-3H3,(H,12,14). The van der Waals surface area contributed by atoms with Crippen molar-refractivity contribution in [3.05, 3.63) is 0 Å². The molecule has 0 spiro atoms. The van der Waals surface area contributed by atoms with E-state index in [-0.39, 0.29) is 5.91 Å². The highest BCUT2D eigenvalue weighted by Gasteiger charge is 2.08. The van der Waals surface area contributed by atoms with Crippen molar-refractivity contribution in [1.82, 2.24) is 10.2 Å². The fourth-order valence-corrected chi connectivity index (χ4v) is 1.18. The maximum absolute atomic E-state index is 10.9. The molecule has 0 aliphatic rings. The van der Waals surface area contributed by atoms with Gasteiger partial charge in [0.1, 0.15) is 0 Å². The number of carbonyl (C=O) groups excluding carboxylic acids is 1. The minimum Gasteiger partial charge on any atom is -0.359 e. The first kappa shape index (κ1) is 12.9. The summed E-state index contributed by atoms with van der Waals surface area (Å²) in [4.78, 5) is 13.0. The van der Waals surface area contributed by atoms with Crippen molar-refractivity contribution in [3.8, 4) is 6.07 Å². The summed E-state index contributed by atoms with van der Waals surface area (Å²) in [6.07, 6.45) is 1.34. The van der Waals surface area contributed by atoms with Crippen LogP contribution in [0.4, 0.5) is 0 Å². The number of hydrogen-bond donors (Lipinski definition) is 1. The second-order valence-electron chi connectivity index (χ2n) is 3.50. The molecule has 0 aliphatic carbocycles. The molecule has 0 atom stereocenters. The van der Waals surface area contributed by atoms with Gasteiger partial charge in [-0.25, -0.2) is 0 Å². The number of nitriles is 1. The van der Waals surface area contributed by atoms with Gasteiger partial charge in [0, 0.05) is 19.5 Å². The van der Waals surface area contributed by atoms with Gasteiger partial charge in [-0.1, -0.05) is 0 Å². The fraction of sp³-hybridized carbons (Fsp3) is 0.800. The van der Waals surface area contributed by atoms with Crippen LogP contribution >= 0.6 is 0 Å². The average Bonchev–Trinajstić information content (AvgIpc) is 2.16. The number of nitrogens with zero attached hydrogens (tertiary/aromatic N) is 2. The summed E-state index contributed by atoms with van der Waals surface area (Å²) in [5.41, 5.74) is 0. The summed E-state index contributed by atoms with van der Waals surface area (Å²) >= 11 is 0. The van der Waals surface area contributed by atoms with Crippen LogP contribution in [-0.2, 0) is 4.79 Å². The topological polar surface area (TPSA) is 56.1 Å². The van der Waals surface area contributed by atoms with Gasteiger partial charge in [0.2, 0.25) is 5.91 Å². The van der Waals surface area contributed by atoms with Gasteiger partial charge < -0.3 is 5.32 Å². The molecule has 0 fully saturated rings.